The number of urea groups is 2. The van der Waals surface area contributed by atoms with Gasteiger partial charge in [-0.2, -0.15) is 0 Å². The number of hydrogen-bond donors (Lipinski definition) is 1. The van der Waals surface area contributed by atoms with E-state index in [2.05, 4.69) is 10.3 Å². The Morgan fingerprint density at radius 2 is 1.82 bits per heavy atom. The van der Waals surface area contributed by atoms with E-state index in [1.807, 2.05) is 0 Å². The first kappa shape index (κ1) is 29.0. The van der Waals surface area contributed by atoms with Crippen LogP contribution in [0.15, 0.2) is 59.6 Å². The molecule has 1 heterocycles. The van der Waals surface area contributed by atoms with Gasteiger partial charge in [0.1, 0.15) is 12.0 Å². The van der Waals surface area contributed by atoms with E-state index in [1.165, 1.54) is 31.2 Å². The number of carbonyl (C=O) groups is 4. The molecule has 1 N–H and O–H groups in total. The van der Waals surface area contributed by atoms with Crippen molar-refractivity contribution in [2.75, 3.05) is 6.61 Å². The molecular weight excluding hydrogens is 508 g/mol. The SMILES string of the molecule is CCOC(=O)C(Cc1ccccc1)NC(=O)N1C(=O)N=C(C)C(C(=O)OC(C)C)C1c1cccc([N+](=O)[O-])c1. The van der Waals surface area contributed by atoms with Gasteiger partial charge >= 0.3 is 24.0 Å². The highest BCUT2D eigenvalue weighted by atomic mass is 16.6. The van der Waals surface area contributed by atoms with E-state index < -0.39 is 53.0 Å². The number of benzene rings is 2. The minimum absolute atomic E-state index is 0.0611. The van der Waals surface area contributed by atoms with Crippen LogP contribution in [-0.4, -0.2) is 58.3 Å². The third-order valence-electron chi connectivity index (χ3n) is 5.92. The quantitative estimate of drug-likeness (QED) is 0.285. The largest absolute Gasteiger partial charge is 0.464 e. The Labute approximate surface area is 225 Å². The number of imide groups is 1. The predicted octanol–water partition coefficient (Wildman–Crippen LogP) is 3.98. The van der Waals surface area contributed by atoms with Gasteiger partial charge < -0.3 is 14.8 Å². The number of aliphatic imine (C=N–C) groups is 1. The van der Waals surface area contributed by atoms with Gasteiger partial charge in [-0.15, -0.1) is 0 Å². The number of nitro groups is 1. The molecule has 206 valence electrons. The molecular formula is C27H30N4O8. The summed E-state index contributed by atoms with van der Waals surface area (Å²) in [4.78, 5) is 68.1. The predicted molar refractivity (Wildman–Crippen MR) is 140 cm³/mol. The molecule has 0 fully saturated rings. The van der Waals surface area contributed by atoms with Crippen molar-refractivity contribution in [1.29, 1.82) is 0 Å². The molecule has 1 aliphatic rings. The van der Waals surface area contributed by atoms with Crippen LogP contribution in [0.5, 0.6) is 0 Å². The lowest BCUT2D eigenvalue weighted by Gasteiger charge is -2.37. The molecule has 1 aliphatic heterocycles. The molecule has 12 nitrogen and oxygen atoms in total. The fraction of sp³-hybridized carbons (Fsp3) is 0.370. The second kappa shape index (κ2) is 12.8. The average molecular weight is 539 g/mol. The first-order valence-electron chi connectivity index (χ1n) is 12.4. The molecule has 0 radical (unpaired) electrons. The highest BCUT2D eigenvalue weighted by Crippen LogP contribution is 2.36. The van der Waals surface area contributed by atoms with Gasteiger partial charge in [-0.3, -0.25) is 14.9 Å². The number of amides is 4. The van der Waals surface area contributed by atoms with Crippen molar-refractivity contribution in [1.82, 2.24) is 10.2 Å². The van der Waals surface area contributed by atoms with E-state index in [-0.39, 0.29) is 30.0 Å². The normalized spacial score (nSPS) is 17.7. The van der Waals surface area contributed by atoms with Crippen LogP contribution >= 0.6 is 0 Å². The summed E-state index contributed by atoms with van der Waals surface area (Å²) in [6.45, 7) is 6.40. The van der Waals surface area contributed by atoms with Crippen LogP contribution in [0.25, 0.3) is 0 Å². The molecule has 0 aromatic heterocycles. The van der Waals surface area contributed by atoms with Crippen molar-refractivity contribution >= 4 is 35.4 Å². The summed E-state index contributed by atoms with van der Waals surface area (Å²) < 4.78 is 10.5. The zero-order chi connectivity index (χ0) is 28.7. The summed E-state index contributed by atoms with van der Waals surface area (Å²) in [5, 5.41) is 14.0. The maximum atomic E-state index is 13.6. The number of rotatable bonds is 9. The van der Waals surface area contributed by atoms with Crippen molar-refractivity contribution in [2.24, 2.45) is 10.9 Å². The zero-order valence-electron chi connectivity index (χ0n) is 22.0. The lowest BCUT2D eigenvalue weighted by molar-refractivity contribution is -0.385. The number of hydrogen-bond acceptors (Lipinski definition) is 8. The van der Waals surface area contributed by atoms with Gasteiger partial charge in [-0.05, 0) is 38.8 Å². The number of nitro benzene ring substituents is 1. The Kier molecular flexibility index (Phi) is 9.47. The van der Waals surface area contributed by atoms with Crippen molar-refractivity contribution in [3.05, 3.63) is 75.8 Å². The van der Waals surface area contributed by atoms with Gasteiger partial charge in [0.15, 0.2) is 0 Å². The molecule has 0 saturated carbocycles. The molecule has 0 spiro atoms. The number of nitrogens with zero attached hydrogens (tertiary/aromatic N) is 3. The van der Waals surface area contributed by atoms with E-state index in [4.69, 9.17) is 9.47 Å². The molecule has 2 aromatic carbocycles. The van der Waals surface area contributed by atoms with E-state index in [0.29, 0.717) is 4.90 Å². The minimum atomic E-state index is -1.33. The van der Waals surface area contributed by atoms with Crippen LogP contribution in [0.3, 0.4) is 0 Å². The molecule has 0 saturated heterocycles. The highest BCUT2D eigenvalue weighted by Gasteiger charge is 2.47. The maximum absolute atomic E-state index is 13.6. The molecule has 3 atom stereocenters. The van der Waals surface area contributed by atoms with E-state index in [9.17, 15) is 29.3 Å². The van der Waals surface area contributed by atoms with Crippen molar-refractivity contribution < 1.29 is 33.6 Å². The second-order valence-electron chi connectivity index (χ2n) is 9.11. The number of esters is 2. The lowest BCUT2D eigenvalue weighted by Crippen LogP contribution is -2.56. The lowest BCUT2D eigenvalue weighted by atomic mass is 9.86. The Balaban J connectivity index is 2.06. The first-order chi connectivity index (χ1) is 18.5. The Hall–Kier alpha value is -4.61. The van der Waals surface area contributed by atoms with E-state index >= 15 is 0 Å². The van der Waals surface area contributed by atoms with Crippen LogP contribution < -0.4 is 5.32 Å². The van der Waals surface area contributed by atoms with Crippen LogP contribution in [0.2, 0.25) is 0 Å². The van der Waals surface area contributed by atoms with Gasteiger partial charge in [0, 0.05) is 24.3 Å². The van der Waals surface area contributed by atoms with Crippen molar-refractivity contribution in [3.8, 4) is 0 Å². The average Bonchev–Trinajstić information content (AvgIpc) is 2.88. The Morgan fingerprint density at radius 3 is 2.44 bits per heavy atom. The number of ether oxygens (including phenoxy) is 2. The maximum Gasteiger partial charge on any atom is 0.352 e. The van der Waals surface area contributed by atoms with E-state index in [1.54, 1.807) is 51.1 Å². The number of carbonyl (C=O) groups excluding carboxylic acids is 4. The summed E-state index contributed by atoms with van der Waals surface area (Å²) in [6, 6.07) is 9.62. The summed E-state index contributed by atoms with van der Waals surface area (Å²) in [6.07, 6.45) is -0.453. The smallest absolute Gasteiger partial charge is 0.352 e. The molecule has 12 heteroatoms. The molecule has 4 amide bonds. The van der Waals surface area contributed by atoms with Crippen LogP contribution in [0.1, 0.15) is 44.9 Å². The summed E-state index contributed by atoms with van der Waals surface area (Å²) >= 11 is 0. The third-order valence-corrected chi connectivity index (χ3v) is 5.92. The second-order valence-corrected chi connectivity index (χ2v) is 9.11. The number of nitrogens with one attached hydrogen (secondary N) is 1. The Bertz CT molecular complexity index is 1280. The first-order valence-corrected chi connectivity index (χ1v) is 12.4. The molecule has 3 unspecified atom stereocenters. The van der Waals surface area contributed by atoms with Crippen LogP contribution in [-0.2, 0) is 25.5 Å². The minimum Gasteiger partial charge on any atom is -0.464 e. The Morgan fingerprint density at radius 1 is 1.13 bits per heavy atom. The van der Waals surface area contributed by atoms with Gasteiger partial charge in [-0.1, -0.05) is 42.5 Å². The molecule has 2 aromatic rings. The van der Waals surface area contributed by atoms with Gasteiger partial charge in [0.2, 0.25) is 0 Å². The zero-order valence-corrected chi connectivity index (χ0v) is 22.0. The summed E-state index contributed by atoms with van der Waals surface area (Å²) in [7, 11) is 0. The van der Waals surface area contributed by atoms with Gasteiger partial charge in [0.25, 0.3) is 5.69 Å². The summed E-state index contributed by atoms with van der Waals surface area (Å²) in [5.41, 5.74) is 0.647. The molecule has 0 bridgehead atoms. The van der Waals surface area contributed by atoms with Crippen molar-refractivity contribution in [2.45, 2.75) is 52.3 Å². The fourth-order valence-corrected chi connectivity index (χ4v) is 4.26. The number of non-ortho nitro benzene ring substituents is 1. The van der Waals surface area contributed by atoms with E-state index in [0.717, 1.165) is 5.56 Å². The highest BCUT2D eigenvalue weighted by molar-refractivity contribution is 6.11. The van der Waals surface area contributed by atoms with Crippen molar-refractivity contribution in [3.63, 3.8) is 0 Å². The molecule has 39 heavy (non-hydrogen) atoms. The third kappa shape index (κ3) is 7.03. The summed E-state index contributed by atoms with van der Waals surface area (Å²) in [5.74, 6) is -2.73. The molecule has 0 aliphatic carbocycles. The topological polar surface area (TPSA) is 158 Å². The standard InChI is InChI=1S/C27H30N4O8/c1-5-38-24(32)21(14-18-10-7-6-8-11-18)29-27(35)30-23(19-12-9-13-20(15-19)31(36)37)22(17(4)28-26(30)34)25(33)39-16(2)3/h6-13,15-16,21-23H,5,14H2,1-4H3,(H,29,35). The monoisotopic (exact) mass is 538 g/mol. The van der Waals surface area contributed by atoms with Gasteiger partial charge in [0.05, 0.1) is 23.7 Å². The fourth-order valence-electron chi connectivity index (χ4n) is 4.26. The van der Waals surface area contributed by atoms with Crippen LogP contribution in [0, 0.1) is 16.0 Å². The van der Waals surface area contributed by atoms with Gasteiger partial charge in [-0.25, -0.2) is 24.3 Å². The molecule has 3 rings (SSSR count). The van der Waals surface area contributed by atoms with Crippen LogP contribution in [0.4, 0.5) is 15.3 Å².